The molecule has 0 aromatic carbocycles. The maximum atomic E-state index is 5.33. The average Bonchev–Trinajstić information content (AvgIpc) is 2.92. The third-order valence-corrected chi connectivity index (χ3v) is 11.6. The molecular formula is C11H28O5SSi2UV. The third-order valence-electron chi connectivity index (χ3n) is 2.67. The van der Waals surface area contributed by atoms with Gasteiger partial charge in [-0.15, -0.1) is 11.2 Å². The van der Waals surface area contributed by atoms with E-state index in [0.717, 1.165) is 6.04 Å². The van der Waals surface area contributed by atoms with E-state index in [0.29, 0.717) is 0 Å². The van der Waals surface area contributed by atoms with Crippen molar-refractivity contribution in [1.82, 2.24) is 0 Å². The van der Waals surface area contributed by atoms with Gasteiger partial charge in [-0.2, -0.15) is 0 Å². The maximum Gasteiger partial charge on any atom is 0.528 e. The summed E-state index contributed by atoms with van der Waals surface area (Å²) >= 11 is 1.88. The second-order valence-electron chi connectivity index (χ2n) is 3.46. The van der Waals surface area contributed by atoms with Crippen molar-refractivity contribution >= 4 is 27.7 Å². The molecule has 0 aliphatic carbocycles. The van der Waals surface area contributed by atoms with E-state index in [4.69, 9.17) is 22.1 Å². The quantitative estimate of drug-likeness (QED) is 0.428. The molecule has 0 bridgehead atoms. The molecule has 0 saturated carbocycles. The van der Waals surface area contributed by atoms with Crippen LogP contribution in [-0.4, -0.2) is 57.8 Å². The first-order valence-corrected chi connectivity index (χ1v) is 11.1. The average molecular weight is 618 g/mol. The molecule has 5 nitrogen and oxygen atoms in total. The van der Waals surface area contributed by atoms with Gasteiger partial charge < -0.3 is 22.1 Å². The summed E-state index contributed by atoms with van der Waals surface area (Å²) in [5.41, 5.74) is 1.58. The van der Waals surface area contributed by atoms with E-state index in [1.165, 1.54) is 12.2 Å². The molecule has 0 amide bonds. The topological polar surface area (TPSA) is 46.2 Å². The molecule has 1 aliphatic rings. The number of rotatable bonds is 6. The van der Waals surface area contributed by atoms with Gasteiger partial charge in [-0.25, -0.2) is 0 Å². The first-order chi connectivity index (χ1) is 8.57. The minimum absolute atomic E-state index is 0. The van der Waals surface area contributed by atoms with Gasteiger partial charge in [-0.3, -0.25) is 0 Å². The molecule has 0 spiro atoms. The van der Waals surface area contributed by atoms with Crippen LogP contribution in [0.1, 0.15) is 13.8 Å². The van der Waals surface area contributed by atoms with Crippen molar-refractivity contribution in [3.63, 3.8) is 0 Å². The summed E-state index contributed by atoms with van der Waals surface area (Å²) in [7, 11) is 4.05. The Balaban J connectivity index is -0.000000120. The Morgan fingerprint density at radius 1 is 1.05 bits per heavy atom. The summed E-state index contributed by atoms with van der Waals surface area (Å²) in [6.07, 6.45) is 1.26. The van der Waals surface area contributed by atoms with Crippen LogP contribution in [0.5, 0.6) is 0 Å². The summed E-state index contributed by atoms with van der Waals surface area (Å²) in [4.78, 5) is 0. The number of hydrogen-bond acceptors (Lipinski definition) is 6. The first-order valence-electron chi connectivity index (χ1n) is 5.61. The number of hydrogen-bond donors (Lipinski definition) is 0. The van der Waals surface area contributed by atoms with Crippen LogP contribution in [0.25, 0.3) is 0 Å². The van der Waals surface area contributed by atoms with Crippen LogP contribution >= 0.6 is 11.2 Å². The molecule has 10 heteroatoms. The van der Waals surface area contributed by atoms with Gasteiger partial charge >= 0.3 is 16.5 Å². The molecule has 1 radical (unpaired) electrons. The Morgan fingerprint density at radius 2 is 1.48 bits per heavy atom. The Hall–Kier alpha value is 1.96. The summed E-state index contributed by atoms with van der Waals surface area (Å²) < 4.78 is 25.5. The van der Waals surface area contributed by atoms with Crippen molar-refractivity contribution in [3.8, 4) is 0 Å². The van der Waals surface area contributed by atoms with Gasteiger partial charge in [0, 0.05) is 91.3 Å². The molecule has 0 atom stereocenters. The fourth-order valence-corrected chi connectivity index (χ4v) is 7.85. The van der Waals surface area contributed by atoms with E-state index < -0.39 is 16.5 Å². The zero-order valence-corrected chi connectivity index (χ0v) is 21.2. The third kappa shape index (κ3) is 10.4. The minimum Gasteiger partial charge on any atom is -0.390 e. The fraction of sp³-hybridized carbons (Fsp3) is 0.818. The molecule has 1 saturated heterocycles. The van der Waals surface area contributed by atoms with Crippen molar-refractivity contribution in [2.24, 2.45) is 0 Å². The molecule has 0 aromatic rings. The van der Waals surface area contributed by atoms with Crippen LogP contribution < -0.4 is 0 Å². The van der Waals surface area contributed by atoms with Crippen molar-refractivity contribution in [2.75, 3.05) is 41.3 Å². The zero-order valence-electron chi connectivity index (χ0n) is 12.8. The summed E-state index contributed by atoms with van der Waals surface area (Å²) in [5.74, 6) is 1.22. The van der Waals surface area contributed by atoms with Gasteiger partial charge in [0.15, 0.2) is 0 Å². The largest absolute Gasteiger partial charge is 0.528 e. The Bertz CT molecular complexity index is 230. The predicted molar refractivity (Wildman–Crippen MR) is 85.4 cm³/mol. The van der Waals surface area contributed by atoms with Gasteiger partial charge in [-0.1, -0.05) is 14.0 Å². The molecule has 0 unspecified atom stereocenters. The Kier molecular flexibility index (Phi) is 24.6. The van der Waals surface area contributed by atoms with Gasteiger partial charge in [0.05, 0.1) is 0 Å². The predicted octanol–water partition coefficient (Wildman–Crippen LogP) is 2.58. The monoisotopic (exact) mass is 617 g/mol. The van der Waals surface area contributed by atoms with Crippen molar-refractivity contribution in [3.05, 3.63) is 12.3 Å². The van der Waals surface area contributed by atoms with E-state index >= 15 is 0 Å². The van der Waals surface area contributed by atoms with Crippen LogP contribution in [0.4, 0.5) is 0 Å². The van der Waals surface area contributed by atoms with Crippen molar-refractivity contribution < 1.29 is 71.8 Å². The van der Waals surface area contributed by atoms with Crippen LogP contribution in [0.3, 0.4) is 0 Å². The Morgan fingerprint density at radius 3 is 1.57 bits per heavy atom. The zero-order chi connectivity index (χ0) is 14.1. The van der Waals surface area contributed by atoms with Gasteiger partial charge in [0.1, 0.15) is 0 Å². The summed E-state index contributed by atoms with van der Waals surface area (Å²) in [5, 5.41) is 0. The molecule has 21 heavy (non-hydrogen) atoms. The fourth-order valence-electron chi connectivity index (χ4n) is 1.49. The molecule has 1 aliphatic heterocycles. The molecule has 1 heterocycles. The molecule has 1 rings (SSSR count). The maximum absolute atomic E-state index is 5.33. The second kappa shape index (κ2) is 16.8. The van der Waals surface area contributed by atoms with E-state index in [1.807, 2.05) is 11.2 Å². The van der Waals surface area contributed by atoms with Gasteiger partial charge in [-0.05, 0) is 17.9 Å². The van der Waals surface area contributed by atoms with E-state index in [2.05, 4.69) is 6.58 Å². The standard InChI is InChI=1S/C5H12O3Si.C5H12O2SSi.CH4.U.V/c1-5-9(6-2,7-3)8-4;1-6-9(7-2)5-3-4-8-9;;;/h5H,1H2,2-4H3;3-5H2,1-2H3;1H4;;. The van der Waals surface area contributed by atoms with Crippen LogP contribution in [0.2, 0.25) is 6.04 Å². The Labute approximate surface area is 171 Å². The molecule has 125 valence electrons. The molecule has 0 aromatic heterocycles. The summed E-state index contributed by atoms with van der Waals surface area (Å²) in [6.45, 7) is 3.53. The minimum atomic E-state index is -2.43. The van der Waals surface area contributed by atoms with E-state index in [1.54, 1.807) is 41.2 Å². The summed E-state index contributed by atoms with van der Waals surface area (Å²) in [6, 6.07) is 1.16. The van der Waals surface area contributed by atoms with Gasteiger partial charge in [0.2, 0.25) is 0 Å². The molecular weight excluding hydrogens is 589 g/mol. The van der Waals surface area contributed by atoms with Crippen LogP contribution in [-0.2, 0) is 40.7 Å². The van der Waals surface area contributed by atoms with E-state index in [9.17, 15) is 0 Å². The normalized spacial score (nSPS) is 15.5. The van der Waals surface area contributed by atoms with Crippen molar-refractivity contribution in [1.29, 1.82) is 0 Å². The molecule has 0 N–H and O–H groups in total. The van der Waals surface area contributed by atoms with Crippen LogP contribution in [0, 0.1) is 31.1 Å². The van der Waals surface area contributed by atoms with Crippen LogP contribution in [0.15, 0.2) is 12.3 Å². The van der Waals surface area contributed by atoms with Gasteiger partial charge in [0.25, 0.3) is 0 Å². The van der Waals surface area contributed by atoms with E-state index in [-0.39, 0.29) is 57.1 Å². The first kappa shape index (κ1) is 30.8. The second-order valence-corrected chi connectivity index (χ2v) is 12.4. The molecule has 1 fully saturated rings. The van der Waals surface area contributed by atoms with Crippen molar-refractivity contribution in [2.45, 2.75) is 19.9 Å². The SMILES string of the molecule is C.C=C[Si](OC)(OC)OC.CO[Si]1(OC)CCCS1.[U].[V]. The smallest absolute Gasteiger partial charge is 0.390 e.